The maximum absolute atomic E-state index is 5.59. The lowest BCUT2D eigenvalue weighted by molar-refractivity contribution is 0.437. The molecule has 0 saturated heterocycles. The first-order valence-corrected chi connectivity index (χ1v) is 5.23. The van der Waals surface area contributed by atoms with Gasteiger partial charge in [-0.2, -0.15) is 0 Å². The summed E-state index contributed by atoms with van der Waals surface area (Å²) in [7, 11) is 0. The van der Waals surface area contributed by atoms with Crippen LogP contribution in [-0.4, -0.2) is 4.98 Å². The Morgan fingerprint density at radius 1 is 1.29 bits per heavy atom. The first-order chi connectivity index (χ1) is 6.54. The maximum Gasteiger partial charge on any atom is 0.208 e. The highest BCUT2D eigenvalue weighted by Crippen LogP contribution is 2.22. The maximum atomic E-state index is 5.59. The number of hydrogen-bond donors (Lipinski definition) is 1. The SMILES string of the molecule is CC(C)Cc1nc(CN)oc1C(C)C. The van der Waals surface area contributed by atoms with Gasteiger partial charge in [-0.3, -0.25) is 0 Å². The average Bonchev–Trinajstić information content (AvgIpc) is 2.46. The Balaban J connectivity index is 2.93. The van der Waals surface area contributed by atoms with Crippen LogP contribution in [0.2, 0.25) is 0 Å². The third-order valence-electron chi connectivity index (χ3n) is 2.07. The van der Waals surface area contributed by atoms with Gasteiger partial charge in [0, 0.05) is 5.92 Å². The summed E-state index contributed by atoms with van der Waals surface area (Å²) in [5, 5.41) is 0. The molecule has 3 nitrogen and oxygen atoms in total. The van der Waals surface area contributed by atoms with Gasteiger partial charge >= 0.3 is 0 Å². The van der Waals surface area contributed by atoms with Gasteiger partial charge in [-0.1, -0.05) is 27.7 Å². The fourth-order valence-electron chi connectivity index (χ4n) is 1.49. The van der Waals surface area contributed by atoms with E-state index < -0.39 is 0 Å². The molecular weight excluding hydrogens is 176 g/mol. The van der Waals surface area contributed by atoms with E-state index in [0.29, 0.717) is 24.3 Å². The van der Waals surface area contributed by atoms with Crippen molar-refractivity contribution in [1.82, 2.24) is 4.98 Å². The minimum Gasteiger partial charge on any atom is -0.444 e. The minimum absolute atomic E-state index is 0.386. The van der Waals surface area contributed by atoms with Crippen LogP contribution in [0.5, 0.6) is 0 Å². The summed E-state index contributed by atoms with van der Waals surface area (Å²) in [6.45, 7) is 8.98. The molecule has 0 spiro atoms. The second-order valence-electron chi connectivity index (χ2n) is 4.38. The summed E-state index contributed by atoms with van der Waals surface area (Å²) >= 11 is 0. The van der Waals surface area contributed by atoms with Crippen molar-refractivity contribution in [2.45, 2.75) is 46.6 Å². The quantitative estimate of drug-likeness (QED) is 0.804. The molecule has 0 aliphatic heterocycles. The highest BCUT2D eigenvalue weighted by atomic mass is 16.4. The van der Waals surface area contributed by atoms with E-state index in [4.69, 9.17) is 10.2 Å². The van der Waals surface area contributed by atoms with Gasteiger partial charge in [-0.25, -0.2) is 4.98 Å². The molecule has 0 aliphatic carbocycles. The number of hydrogen-bond acceptors (Lipinski definition) is 3. The Hall–Kier alpha value is -0.830. The first-order valence-electron chi connectivity index (χ1n) is 5.23. The molecular formula is C11H20N2O. The molecule has 1 aromatic rings. The lowest BCUT2D eigenvalue weighted by Crippen LogP contribution is -2.00. The van der Waals surface area contributed by atoms with Gasteiger partial charge in [0.2, 0.25) is 5.89 Å². The van der Waals surface area contributed by atoms with Gasteiger partial charge in [0.25, 0.3) is 0 Å². The van der Waals surface area contributed by atoms with Gasteiger partial charge < -0.3 is 10.2 Å². The van der Waals surface area contributed by atoms with Gasteiger partial charge in [0.15, 0.2) is 0 Å². The Labute approximate surface area is 85.7 Å². The van der Waals surface area contributed by atoms with Crippen LogP contribution in [-0.2, 0) is 13.0 Å². The Morgan fingerprint density at radius 3 is 2.36 bits per heavy atom. The van der Waals surface area contributed by atoms with Crippen molar-refractivity contribution in [1.29, 1.82) is 0 Å². The number of nitrogens with zero attached hydrogens (tertiary/aromatic N) is 1. The van der Waals surface area contributed by atoms with Gasteiger partial charge in [-0.05, 0) is 12.3 Å². The zero-order chi connectivity index (χ0) is 10.7. The van der Waals surface area contributed by atoms with Crippen molar-refractivity contribution in [3.05, 3.63) is 17.3 Å². The lowest BCUT2D eigenvalue weighted by atomic mass is 10.0. The molecule has 0 atom stereocenters. The number of aromatic nitrogens is 1. The van der Waals surface area contributed by atoms with E-state index in [2.05, 4.69) is 32.7 Å². The topological polar surface area (TPSA) is 52.0 Å². The largest absolute Gasteiger partial charge is 0.444 e. The third kappa shape index (κ3) is 2.58. The molecule has 0 aliphatic rings. The zero-order valence-corrected chi connectivity index (χ0v) is 9.50. The highest BCUT2D eigenvalue weighted by molar-refractivity contribution is 5.14. The van der Waals surface area contributed by atoms with Gasteiger partial charge in [-0.15, -0.1) is 0 Å². The van der Waals surface area contributed by atoms with E-state index in [-0.39, 0.29) is 0 Å². The predicted octanol–water partition coefficient (Wildman–Crippen LogP) is 2.46. The fraction of sp³-hybridized carbons (Fsp3) is 0.727. The standard InChI is InChI=1S/C11H20N2O/c1-7(2)5-9-11(8(3)4)14-10(6-12)13-9/h7-8H,5-6,12H2,1-4H3. The molecule has 0 fully saturated rings. The van der Waals surface area contributed by atoms with Crippen molar-refractivity contribution < 1.29 is 4.42 Å². The molecule has 0 saturated carbocycles. The van der Waals surface area contributed by atoms with E-state index in [1.807, 2.05) is 0 Å². The van der Waals surface area contributed by atoms with Crippen LogP contribution >= 0.6 is 0 Å². The summed E-state index contributed by atoms with van der Waals surface area (Å²) in [5.74, 6) is 2.64. The zero-order valence-electron chi connectivity index (χ0n) is 9.50. The van der Waals surface area contributed by atoms with Gasteiger partial charge in [0.05, 0.1) is 12.2 Å². The predicted molar refractivity (Wildman–Crippen MR) is 57.0 cm³/mol. The molecule has 0 bridgehead atoms. The molecule has 80 valence electrons. The van der Waals surface area contributed by atoms with Crippen molar-refractivity contribution in [3.63, 3.8) is 0 Å². The molecule has 0 unspecified atom stereocenters. The van der Waals surface area contributed by atoms with E-state index in [9.17, 15) is 0 Å². The van der Waals surface area contributed by atoms with Crippen LogP contribution in [0.1, 0.15) is 51.0 Å². The number of nitrogens with two attached hydrogens (primary N) is 1. The van der Waals surface area contributed by atoms with Crippen molar-refractivity contribution in [2.24, 2.45) is 11.7 Å². The molecule has 1 heterocycles. The van der Waals surface area contributed by atoms with Gasteiger partial charge in [0.1, 0.15) is 5.76 Å². The second-order valence-corrected chi connectivity index (χ2v) is 4.38. The highest BCUT2D eigenvalue weighted by Gasteiger charge is 2.16. The summed E-state index contributed by atoms with van der Waals surface area (Å²) in [6.07, 6.45) is 0.969. The Bertz CT molecular complexity index is 289. The van der Waals surface area contributed by atoms with Crippen LogP contribution in [0.3, 0.4) is 0 Å². The summed E-state index contributed by atoms with van der Waals surface area (Å²) in [6, 6.07) is 0. The third-order valence-corrected chi connectivity index (χ3v) is 2.07. The van der Waals surface area contributed by atoms with E-state index in [1.165, 1.54) is 0 Å². The van der Waals surface area contributed by atoms with Crippen molar-refractivity contribution in [3.8, 4) is 0 Å². The molecule has 0 radical (unpaired) electrons. The Morgan fingerprint density at radius 2 is 1.93 bits per heavy atom. The normalized spacial score (nSPS) is 11.6. The molecule has 14 heavy (non-hydrogen) atoms. The summed E-state index contributed by atoms with van der Waals surface area (Å²) in [5.41, 5.74) is 6.59. The van der Waals surface area contributed by atoms with E-state index in [0.717, 1.165) is 17.9 Å². The number of rotatable bonds is 4. The fourth-order valence-corrected chi connectivity index (χ4v) is 1.49. The second kappa shape index (κ2) is 4.60. The molecule has 3 heteroatoms. The molecule has 1 aromatic heterocycles. The van der Waals surface area contributed by atoms with Crippen molar-refractivity contribution >= 4 is 0 Å². The smallest absolute Gasteiger partial charge is 0.208 e. The van der Waals surface area contributed by atoms with Crippen LogP contribution in [0, 0.1) is 5.92 Å². The monoisotopic (exact) mass is 196 g/mol. The lowest BCUT2D eigenvalue weighted by Gasteiger charge is -2.05. The number of oxazole rings is 1. The summed E-state index contributed by atoms with van der Waals surface area (Å²) < 4.78 is 5.59. The first kappa shape index (κ1) is 11.2. The van der Waals surface area contributed by atoms with Crippen LogP contribution in [0.15, 0.2) is 4.42 Å². The van der Waals surface area contributed by atoms with Crippen LogP contribution < -0.4 is 5.73 Å². The molecule has 0 amide bonds. The van der Waals surface area contributed by atoms with Crippen LogP contribution in [0.4, 0.5) is 0 Å². The average molecular weight is 196 g/mol. The minimum atomic E-state index is 0.386. The van der Waals surface area contributed by atoms with E-state index >= 15 is 0 Å². The van der Waals surface area contributed by atoms with Crippen LogP contribution in [0.25, 0.3) is 0 Å². The van der Waals surface area contributed by atoms with Crippen molar-refractivity contribution in [2.75, 3.05) is 0 Å². The summed E-state index contributed by atoms with van der Waals surface area (Å²) in [4.78, 5) is 4.40. The Kier molecular flexibility index (Phi) is 3.69. The molecule has 2 N–H and O–H groups in total. The van der Waals surface area contributed by atoms with E-state index in [1.54, 1.807) is 0 Å². The molecule has 0 aromatic carbocycles. The molecule has 1 rings (SSSR count).